The van der Waals surface area contributed by atoms with Crippen LogP contribution in [0.25, 0.3) is 5.65 Å². The molecule has 1 N–H and O–H groups in total. The van der Waals surface area contributed by atoms with E-state index < -0.39 is 0 Å². The van der Waals surface area contributed by atoms with Crippen LogP contribution in [0.3, 0.4) is 0 Å². The molecular weight excluding hydrogens is 506 g/mol. The third-order valence-corrected chi connectivity index (χ3v) is 7.13. The lowest BCUT2D eigenvalue weighted by Crippen LogP contribution is -2.20. The van der Waals surface area contributed by atoms with Gasteiger partial charge in [-0.25, -0.2) is 4.98 Å². The van der Waals surface area contributed by atoms with Crippen LogP contribution in [0, 0.1) is 5.92 Å². The fourth-order valence-corrected chi connectivity index (χ4v) is 5.06. The van der Waals surface area contributed by atoms with Crippen LogP contribution < -0.4 is 10.1 Å². The molecule has 0 atom stereocenters. The first kappa shape index (κ1) is 23.5. The summed E-state index contributed by atoms with van der Waals surface area (Å²) in [4.78, 5) is 21.6. The smallest absolute Gasteiger partial charge is 0.171 e. The maximum absolute atomic E-state index is 12.5. The van der Waals surface area contributed by atoms with Gasteiger partial charge in [-0.2, -0.15) is 9.61 Å². The number of hydrogen-bond donors (Lipinski definition) is 1. The van der Waals surface area contributed by atoms with E-state index in [1.165, 1.54) is 0 Å². The number of carbonyl (C=O) groups excluding carboxylic acids is 1. The third kappa shape index (κ3) is 5.88. The van der Waals surface area contributed by atoms with Crippen LogP contribution in [0.1, 0.15) is 49.3 Å². The Bertz CT molecular complexity index is 1270. The summed E-state index contributed by atoms with van der Waals surface area (Å²) in [5, 5.41) is 7.98. The van der Waals surface area contributed by atoms with Gasteiger partial charge in [0.25, 0.3) is 0 Å². The van der Waals surface area contributed by atoms with Crippen LogP contribution in [0.2, 0.25) is 0 Å². The number of nitrogens with one attached hydrogen (secondary N) is 1. The molecule has 1 aromatic carbocycles. The molecule has 0 unspecified atom stereocenters. The lowest BCUT2D eigenvalue weighted by molar-refractivity contribution is -0.122. The normalized spacial score (nSPS) is 17.9. The molecule has 7 nitrogen and oxygen atoms in total. The van der Waals surface area contributed by atoms with Gasteiger partial charge in [0.2, 0.25) is 0 Å². The summed E-state index contributed by atoms with van der Waals surface area (Å²) < 4.78 is 8.34. The molecule has 3 heterocycles. The number of fused-ring (bicyclic) bond motifs is 1. The van der Waals surface area contributed by atoms with Crippen LogP contribution in [-0.4, -0.2) is 32.0 Å². The summed E-state index contributed by atoms with van der Waals surface area (Å²) in [6.07, 6.45) is 10.1. The number of ether oxygens (including phenoxy) is 1. The van der Waals surface area contributed by atoms with Crippen molar-refractivity contribution >= 4 is 33.2 Å². The Morgan fingerprint density at radius 2 is 1.91 bits per heavy atom. The standard InChI is InChI=1S/C27H28BrN5O2/c28-24-17-31-33-26(30-16-20-5-4-12-29-15-20)14-25(32-27(24)33)21-10-8-19(9-11-21)13-22(34)18-35-23-6-2-1-3-7-23/h1-7,12,14-15,17,19,21,30H,8-11,13,16,18H2. The molecule has 4 aromatic rings. The van der Waals surface area contributed by atoms with Gasteiger partial charge in [0.15, 0.2) is 11.4 Å². The summed E-state index contributed by atoms with van der Waals surface area (Å²) in [7, 11) is 0. The quantitative estimate of drug-likeness (QED) is 0.292. The Kier molecular flexibility index (Phi) is 7.37. The van der Waals surface area contributed by atoms with Crippen molar-refractivity contribution in [1.29, 1.82) is 0 Å². The van der Waals surface area contributed by atoms with E-state index in [1.54, 1.807) is 12.4 Å². The lowest BCUT2D eigenvalue weighted by atomic mass is 9.78. The van der Waals surface area contributed by atoms with E-state index in [1.807, 2.05) is 53.2 Å². The SMILES string of the molecule is O=C(COc1ccccc1)CC1CCC(c2cc(NCc3cccnc3)n3ncc(Br)c3n2)CC1. The zero-order valence-corrected chi connectivity index (χ0v) is 21.0. The summed E-state index contributed by atoms with van der Waals surface area (Å²) in [6.45, 7) is 0.799. The van der Waals surface area contributed by atoms with Crippen molar-refractivity contribution in [2.75, 3.05) is 11.9 Å². The van der Waals surface area contributed by atoms with Gasteiger partial charge in [-0.1, -0.05) is 24.3 Å². The molecule has 0 radical (unpaired) electrons. The molecule has 5 rings (SSSR count). The molecule has 1 fully saturated rings. The van der Waals surface area contributed by atoms with E-state index in [4.69, 9.17) is 9.72 Å². The molecule has 1 aliphatic carbocycles. The van der Waals surface area contributed by atoms with Crippen molar-refractivity contribution in [3.63, 3.8) is 0 Å². The number of benzene rings is 1. The number of carbonyl (C=O) groups is 1. The molecule has 0 amide bonds. The highest BCUT2D eigenvalue weighted by Gasteiger charge is 2.26. The topological polar surface area (TPSA) is 81.4 Å². The van der Waals surface area contributed by atoms with Crippen LogP contribution in [0.15, 0.2) is 71.6 Å². The van der Waals surface area contributed by atoms with E-state index in [-0.39, 0.29) is 12.4 Å². The van der Waals surface area contributed by atoms with Crippen molar-refractivity contribution < 1.29 is 9.53 Å². The highest BCUT2D eigenvalue weighted by molar-refractivity contribution is 9.10. The van der Waals surface area contributed by atoms with Gasteiger partial charge in [-0.15, -0.1) is 0 Å². The number of aromatic nitrogens is 4. The van der Waals surface area contributed by atoms with Crippen LogP contribution in [-0.2, 0) is 11.3 Å². The van der Waals surface area contributed by atoms with Crippen LogP contribution >= 0.6 is 15.9 Å². The van der Waals surface area contributed by atoms with Crippen molar-refractivity contribution in [2.45, 2.75) is 44.6 Å². The Hall–Kier alpha value is -3.26. The molecule has 3 aromatic heterocycles. The number of nitrogens with zero attached hydrogens (tertiary/aromatic N) is 4. The largest absolute Gasteiger partial charge is 0.486 e. The second-order valence-electron chi connectivity index (χ2n) is 9.07. The predicted octanol–water partition coefficient (Wildman–Crippen LogP) is 5.81. The minimum absolute atomic E-state index is 0.142. The zero-order chi connectivity index (χ0) is 24.0. The van der Waals surface area contributed by atoms with Crippen molar-refractivity contribution in [3.8, 4) is 5.75 Å². The van der Waals surface area contributed by atoms with E-state index in [0.717, 1.165) is 58.6 Å². The van der Waals surface area contributed by atoms with Crippen LogP contribution in [0.4, 0.5) is 5.82 Å². The molecule has 35 heavy (non-hydrogen) atoms. The average Bonchev–Trinajstić information content (AvgIpc) is 3.28. The number of halogens is 1. The Balaban J connectivity index is 1.20. The van der Waals surface area contributed by atoms with Crippen molar-refractivity contribution in [2.24, 2.45) is 5.92 Å². The third-order valence-electron chi connectivity index (χ3n) is 6.57. The Morgan fingerprint density at radius 1 is 1.09 bits per heavy atom. The number of rotatable bonds is 9. The summed E-state index contributed by atoms with van der Waals surface area (Å²) in [5.74, 6) is 2.60. The minimum Gasteiger partial charge on any atom is -0.486 e. The summed E-state index contributed by atoms with van der Waals surface area (Å²) in [6, 6.07) is 15.6. The van der Waals surface area contributed by atoms with Gasteiger partial charge in [-0.3, -0.25) is 9.78 Å². The Labute approximate surface area is 213 Å². The molecule has 8 heteroatoms. The fourth-order valence-electron chi connectivity index (χ4n) is 4.71. The van der Waals surface area contributed by atoms with Crippen molar-refractivity contribution in [3.05, 3.63) is 82.9 Å². The molecule has 0 saturated heterocycles. The zero-order valence-electron chi connectivity index (χ0n) is 19.4. The molecule has 0 bridgehead atoms. The molecule has 1 aliphatic rings. The lowest BCUT2D eigenvalue weighted by Gasteiger charge is -2.28. The monoisotopic (exact) mass is 533 g/mol. The average molecular weight is 534 g/mol. The van der Waals surface area contributed by atoms with E-state index >= 15 is 0 Å². The van der Waals surface area contributed by atoms with Crippen LogP contribution in [0.5, 0.6) is 5.75 Å². The van der Waals surface area contributed by atoms with Crippen molar-refractivity contribution in [1.82, 2.24) is 19.6 Å². The van der Waals surface area contributed by atoms with Gasteiger partial charge in [0.1, 0.15) is 18.2 Å². The second-order valence-corrected chi connectivity index (χ2v) is 9.93. The second kappa shape index (κ2) is 11.0. The summed E-state index contributed by atoms with van der Waals surface area (Å²) in [5.41, 5.74) is 2.99. The van der Waals surface area contributed by atoms with Gasteiger partial charge in [-0.05, 0) is 71.3 Å². The van der Waals surface area contributed by atoms with E-state index in [0.29, 0.717) is 24.8 Å². The molecule has 0 spiro atoms. The highest BCUT2D eigenvalue weighted by Crippen LogP contribution is 2.38. The molecule has 0 aliphatic heterocycles. The maximum atomic E-state index is 12.5. The molecular formula is C27H28BrN5O2. The number of pyridine rings is 1. The first-order valence-electron chi connectivity index (χ1n) is 12.0. The minimum atomic E-state index is 0.142. The number of para-hydroxylation sites is 1. The van der Waals surface area contributed by atoms with E-state index in [9.17, 15) is 4.79 Å². The fraction of sp³-hybridized carbons (Fsp3) is 0.333. The van der Waals surface area contributed by atoms with Gasteiger partial charge in [0.05, 0.1) is 10.7 Å². The number of Topliss-reactive ketones (excluding diaryl/α,β-unsaturated/α-hetero) is 1. The molecule has 1 saturated carbocycles. The maximum Gasteiger partial charge on any atom is 0.171 e. The number of ketones is 1. The summed E-state index contributed by atoms with van der Waals surface area (Å²) >= 11 is 3.59. The van der Waals surface area contributed by atoms with Gasteiger partial charge < -0.3 is 10.1 Å². The first-order valence-corrected chi connectivity index (χ1v) is 12.8. The molecule has 180 valence electrons. The predicted molar refractivity (Wildman–Crippen MR) is 139 cm³/mol. The first-order chi connectivity index (χ1) is 17.2. The van der Waals surface area contributed by atoms with E-state index in [2.05, 4.69) is 37.4 Å². The highest BCUT2D eigenvalue weighted by atomic mass is 79.9. The van der Waals surface area contributed by atoms with Gasteiger partial charge in [0, 0.05) is 43.0 Å². The van der Waals surface area contributed by atoms with Gasteiger partial charge >= 0.3 is 0 Å². The Morgan fingerprint density at radius 3 is 2.69 bits per heavy atom. The number of anilines is 1. The number of hydrogen-bond acceptors (Lipinski definition) is 6.